The first-order chi connectivity index (χ1) is 13.7. The van der Waals surface area contributed by atoms with Gasteiger partial charge in [-0.2, -0.15) is 0 Å². The van der Waals surface area contributed by atoms with Gasteiger partial charge in [0.05, 0.1) is 29.5 Å². The molecule has 1 amide bonds. The Balaban J connectivity index is 1.70. The maximum absolute atomic E-state index is 13.1. The Labute approximate surface area is 168 Å². The van der Waals surface area contributed by atoms with Gasteiger partial charge in [0.15, 0.2) is 0 Å². The molecule has 0 radical (unpaired) electrons. The van der Waals surface area contributed by atoms with E-state index in [4.69, 9.17) is 9.47 Å². The maximum atomic E-state index is 13.1. The van der Waals surface area contributed by atoms with Gasteiger partial charge in [-0.25, -0.2) is 4.98 Å². The van der Waals surface area contributed by atoms with Gasteiger partial charge in [0.25, 0.3) is 5.91 Å². The monoisotopic (exact) mass is 397 g/mol. The second-order valence-electron chi connectivity index (χ2n) is 6.21. The van der Waals surface area contributed by atoms with Gasteiger partial charge in [0.1, 0.15) is 12.4 Å². The molecule has 0 fully saturated rings. The molecule has 0 aliphatic heterocycles. The van der Waals surface area contributed by atoms with Crippen LogP contribution in [-0.2, 0) is 17.9 Å². The molecule has 146 valence electrons. The largest absolute Gasteiger partial charge is 0.487 e. The first-order valence-corrected chi connectivity index (χ1v) is 9.85. The Morgan fingerprint density at radius 1 is 1.18 bits per heavy atom. The summed E-state index contributed by atoms with van der Waals surface area (Å²) in [7, 11) is 1.62. The summed E-state index contributed by atoms with van der Waals surface area (Å²) < 4.78 is 11.0. The van der Waals surface area contributed by atoms with Crippen molar-refractivity contribution in [2.45, 2.75) is 20.1 Å². The van der Waals surface area contributed by atoms with Crippen molar-refractivity contribution in [3.63, 3.8) is 0 Å². The van der Waals surface area contributed by atoms with E-state index in [2.05, 4.69) is 9.97 Å². The molecule has 7 heteroatoms. The SMILES string of the molecule is COCCN(Cc1ccccn1)C(=O)c1cccc(OCc2csc(C)n2)c1. The van der Waals surface area contributed by atoms with Gasteiger partial charge >= 0.3 is 0 Å². The third kappa shape index (κ3) is 5.61. The number of carbonyl (C=O) groups excluding carboxylic acids is 1. The van der Waals surface area contributed by atoms with Crippen LogP contribution in [0.15, 0.2) is 54.0 Å². The number of methoxy groups -OCH3 is 1. The topological polar surface area (TPSA) is 64.5 Å². The van der Waals surface area contributed by atoms with Gasteiger partial charge in [0, 0.05) is 30.8 Å². The van der Waals surface area contributed by atoms with E-state index in [1.165, 1.54) is 0 Å². The Morgan fingerprint density at radius 2 is 2.07 bits per heavy atom. The van der Waals surface area contributed by atoms with Crippen LogP contribution < -0.4 is 4.74 Å². The van der Waals surface area contributed by atoms with Gasteiger partial charge in [-0.1, -0.05) is 12.1 Å². The highest BCUT2D eigenvalue weighted by Crippen LogP contribution is 2.18. The lowest BCUT2D eigenvalue weighted by Crippen LogP contribution is -2.33. The van der Waals surface area contributed by atoms with Crippen LogP contribution in [0.1, 0.15) is 26.8 Å². The standard InChI is InChI=1S/C21H23N3O3S/c1-16-23-19(15-28-16)14-27-20-8-5-6-17(12-20)21(25)24(10-11-26-2)13-18-7-3-4-9-22-18/h3-9,12,15H,10-11,13-14H2,1-2H3. The zero-order valence-electron chi connectivity index (χ0n) is 16.0. The molecule has 0 N–H and O–H groups in total. The molecule has 2 heterocycles. The van der Waals surface area contributed by atoms with Crippen LogP contribution in [0.25, 0.3) is 0 Å². The Kier molecular flexibility index (Phi) is 7.11. The summed E-state index contributed by atoms with van der Waals surface area (Å²) in [5, 5.41) is 2.98. The number of carbonyl (C=O) groups is 1. The molecule has 0 aliphatic carbocycles. The van der Waals surface area contributed by atoms with Gasteiger partial charge in [-0.05, 0) is 37.3 Å². The van der Waals surface area contributed by atoms with Crippen LogP contribution in [0.5, 0.6) is 5.75 Å². The Bertz CT molecular complexity index is 899. The number of aromatic nitrogens is 2. The fourth-order valence-corrected chi connectivity index (χ4v) is 3.27. The molecule has 0 saturated carbocycles. The maximum Gasteiger partial charge on any atom is 0.254 e. The number of hydrogen-bond donors (Lipinski definition) is 0. The molecule has 6 nitrogen and oxygen atoms in total. The van der Waals surface area contributed by atoms with Gasteiger partial charge in [-0.15, -0.1) is 11.3 Å². The van der Waals surface area contributed by atoms with E-state index in [-0.39, 0.29) is 5.91 Å². The number of hydrogen-bond acceptors (Lipinski definition) is 6. The van der Waals surface area contributed by atoms with Crippen molar-refractivity contribution in [1.29, 1.82) is 0 Å². The molecule has 0 atom stereocenters. The van der Waals surface area contributed by atoms with Crippen LogP contribution in [0.4, 0.5) is 0 Å². The summed E-state index contributed by atoms with van der Waals surface area (Å²) in [6.45, 7) is 3.70. The molecule has 28 heavy (non-hydrogen) atoms. The Morgan fingerprint density at radius 3 is 2.79 bits per heavy atom. The minimum atomic E-state index is -0.0855. The molecule has 0 unspecified atom stereocenters. The predicted octanol–water partition coefficient (Wildman–Crippen LogP) is 3.71. The highest BCUT2D eigenvalue weighted by molar-refractivity contribution is 7.09. The van der Waals surface area contributed by atoms with E-state index in [1.54, 1.807) is 41.7 Å². The van der Waals surface area contributed by atoms with Crippen molar-refractivity contribution in [2.24, 2.45) is 0 Å². The predicted molar refractivity (Wildman–Crippen MR) is 108 cm³/mol. The third-order valence-electron chi connectivity index (χ3n) is 4.07. The first kappa shape index (κ1) is 20.0. The van der Waals surface area contributed by atoms with E-state index in [1.807, 2.05) is 42.6 Å². The van der Waals surface area contributed by atoms with Crippen molar-refractivity contribution < 1.29 is 14.3 Å². The van der Waals surface area contributed by atoms with Gasteiger partial charge in [0.2, 0.25) is 0 Å². The minimum absolute atomic E-state index is 0.0855. The number of amides is 1. The van der Waals surface area contributed by atoms with Crippen LogP contribution in [0.2, 0.25) is 0 Å². The summed E-state index contributed by atoms with van der Waals surface area (Å²) in [5.41, 5.74) is 2.29. The number of pyridine rings is 1. The van der Waals surface area contributed by atoms with Crippen molar-refractivity contribution in [3.8, 4) is 5.75 Å². The second kappa shape index (κ2) is 9.96. The number of rotatable bonds is 9. The van der Waals surface area contributed by atoms with E-state index in [0.717, 1.165) is 16.4 Å². The molecule has 0 aliphatic rings. The summed E-state index contributed by atoms with van der Waals surface area (Å²) >= 11 is 1.59. The lowest BCUT2D eigenvalue weighted by molar-refractivity contribution is 0.0677. The second-order valence-corrected chi connectivity index (χ2v) is 7.28. The average molecular weight is 398 g/mol. The summed E-state index contributed by atoms with van der Waals surface area (Å²) in [5.74, 6) is 0.554. The smallest absolute Gasteiger partial charge is 0.254 e. The zero-order valence-corrected chi connectivity index (χ0v) is 16.8. The van der Waals surface area contributed by atoms with Gasteiger partial charge < -0.3 is 14.4 Å². The van der Waals surface area contributed by atoms with Crippen LogP contribution in [0, 0.1) is 6.92 Å². The van der Waals surface area contributed by atoms with E-state index >= 15 is 0 Å². The van der Waals surface area contributed by atoms with Crippen LogP contribution >= 0.6 is 11.3 Å². The number of aryl methyl sites for hydroxylation is 1. The number of benzene rings is 1. The van der Waals surface area contributed by atoms with E-state index < -0.39 is 0 Å². The molecular weight excluding hydrogens is 374 g/mol. The summed E-state index contributed by atoms with van der Waals surface area (Å²) in [6.07, 6.45) is 1.73. The summed E-state index contributed by atoms with van der Waals surface area (Å²) in [6, 6.07) is 12.9. The summed E-state index contributed by atoms with van der Waals surface area (Å²) in [4.78, 5) is 23.5. The highest BCUT2D eigenvalue weighted by atomic mass is 32.1. The average Bonchev–Trinajstić information content (AvgIpc) is 3.15. The van der Waals surface area contributed by atoms with Crippen molar-refractivity contribution >= 4 is 17.2 Å². The molecule has 2 aromatic heterocycles. The Hall–Kier alpha value is -2.77. The molecule has 3 aromatic rings. The first-order valence-electron chi connectivity index (χ1n) is 8.97. The zero-order chi connectivity index (χ0) is 19.8. The lowest BCUT2D eigenvalue weighted by Gasteiger charge is -2.22. The fourth-order valence-electron chi connectivity index (χ4n) is 2.67. The number of thiazole rings is 1. The van der Waals surface area contributed by atoms with E-state index in [9.17, 15) is 4.79 Å². The minimum Gasteiger partial charge on any atom is -0.487 e. The van der Waals surface area contributed by atoms with Crippen molar-refractivity contribution in [1.82, 2.24) is 14.9 Å². The van der Waals surface area contributed by atoms with Crippen LogP contribution in [-0.4, -0.2) is 41.0 Å². The molecule has 0 spiro atoms. The van der Waals surface area contributed by atoms with E-state index in [0.29, 0.717) is 37.6 Å². The third-order valence-corrected chi connectivity index (χ3v) is 4.89. The lowest BCUT2D eigenvalue weighted by atomic mass is 10.1. The molecule has 0 saturated heterocycles. The number of ether oxygens (including phenoxy) is 2. The molecule has 0 bridgehead atoms. The molecule has 3 rings (SSSR count). The molecular formula is C21H23N3O3S. The molecule has 1 aromatic carbocycles. The quantitative estimate of drug-likeness (QED) is 0.551. The van der Waals surface area contributed by atoms with Crippen molar-refractivity contribution in [2.75, 3.05) is 20.3 Å². The van der Waals surface area contributed by atoms with Gasteiger partial charge in [-0.3, -0.25) is 9.78 Å². The fraction of sp³-hybridized carbons (Fsp3) is 0.286. The van der Waals surface area contributed by atoms with Crippen molar-refractivity contribution in [3.05, 3.63) is 76.0 Å². The van der Waals surface area contributed by atoms with Crippen LogP contribution in [0.3, 0.4) is 0 Å². The normalized spacial score (nSPS) is 10.6. The highest BCUT2D eigenvalue weighted by Gasteiger charge is 2.17. The number of nitrogens with zero attached hydrogens (tertiary/aromatic N) is 3.